The van der Waals surface area contributed by atoms with Crippen LogP contribution < -0.4 is 10.0 Å². The van der Waals surface area contributed by atoms with Crippen molar-refractivity contribution in [3.63, 3.8) is 0 Å². The number of rotatable bonds is 7. The van der Waals surface area contributed by atoms with Crippen LogP contribution in [-0.2, 0) is 16.6 Å². The molecule has 1 aromatic rings. The summed E-state index contributed by atoms with van der Waals surface area (Å²) in [7, 11) is -3.39. The van der Waals surface area contributed by atoms with Crippen LogP contribution >= 0.6 is 11.3 Å². The zero-order chi connectivity index (χ0) is 15.0. The number of hydrogen-bond donors (Lipinski definition) is 2. The molecule has 1 aliphatic rings. The summed E-state index contributed by atoms with van der Waals surface area (Å²) in [5.41, 5.74) is 1.13. The Morgan fingerprint density at radius 2 is 2.10 bits per heavy atom. The van der Waals surface area contributed by atoms with E-state index in [2.05, 4.69) is 23.9 Å². The van der Waals surface area contributed by atoms with Gasteiger partial charge in [-0.2, -0.15) is 0 Å². The first-order valence-electron chi connectivity index (χ1n) is 7.05. The molecule has 20 heavy (non-hydrogen) atoms. The summed E-state index contributed by atoms with van der Waals surface area (Å²) in [4.78, 5) is 1.37. The molecule has 1 fully saturated rings. The Hall–Kier alpha value is -0.430. The minimum atomic E-state index is -3.39. The summed E-state index contributed by atoms with van der Waals surface area (Å²) in [5.74, 6) is 0.466. The van der Waals surface area contributed by atoms with Gasteiger partial charge in [0.05, 0.1) is 0 Å². The molecule has 0 bridgehead atoms. The number of sulfonamides is 1. The molecular formula is C14H24N2O2S2. The molecule has 1 saturated carbocycles. The minimum Gasteiger partial charge on any atom is -0.312 e. The van der Waals surface area contributed by atoms with Gasteiger partial charge in [0.1, 0.15) is 4.90 Å². The molecule has 1 aromatic heterocycles. The molecule has 0 spiro atoms. The van der Waals surface area contributed by atoms with Crippen LogP contribution in [0.4, 0.5) is 0 Å². The zero-order valence-corrected chi connectivity index (χ0v) is 14.2. The van der Waals surface area contributed by atoms with Gasteiger partial charge in [0, 0.05) is 18.0 Å². The molecule has 1 unspecified atom stereocenters. The van der Waals surface area contributed by atoms with E-state index in [4.69, 9.17) is 0 Å². The average molecular weight is 316 g/mol. The highest BCUT2D eigenvalue weighted by Crippen LogP contribution is 2.51. The molecule has 1 aliphatic carbocycles. The largest absolute Gasteiger partial charge is 0.312 e. The lowest BCUT2D eigenvalue weighted by Gasteiger charge is -2.10. The Labute approximate surface area is 126 Å². The van der Waals surface area contributed by atoms with Gasteiger partial charge in [-0.15, -0.1) is 11.3 Å². The van der Waals surface area contributed by atoms with Crippen LogP contribution in [-0.4, -0.2) is 21.5 Å². The fraction of sp³-hybridized carbons (Fsp3) is 0.714. The average Bonchev–Trinajstić information content (AvgIpc) is 2.78. The lowest BCUT2D eigenvalue weighted by Crippen LogP contribution is -2.28. The molecule has 0 aliphatic heterocycles. The molecule has 1 heterocycles. The van der Waals surface area contributed by atoms with Crippen molar-refractivity contribution in [1.82, 2.24) is 10.0 Å². The molecule has 1 atom stereocenters. The summed E-state index contributed by atoms with van der Waals surface area (Å²) < 4.78 is 27.8. The van der Waals surface area contributed by atoms with Crippen molar-refractivity contribution in [2.45, 2.75) is 45.6 Å². The second-order valence-electron chi connectivity index (χ2n) is 6.19. The van der Waals surface area contributed by atoms with Gasteiger partial charge >= 0.3 is 0 Å². The number of hydrogen-bond acceptors (Lipinski definition) is 4. The highest BCUT2D eigenvalue weighted by atomic mass is 32.2. The van der Waals surface area contributed by atoms with Crippen LogP contribution in [0.5, 0.6) is 0 Å². The van der Waals surface area contributed by atoms with E-state index in [-0.39, 0.29) is 0 Å². The molecular weight excluding hydrogens is 292 g/mol. The normalized spacial score (nSPS) is 21.1. The monoisotopic (exact) mass is 316 g/mol. The molecule has 0 radical (unpaired) electrons. The molecule has 0 saturated heterocycles. The van der Waals surface area contributed by atoms with E-state index in [1.807, 2.05) is 19.2 Å². The van der Waals surface area contributed by atoms with Gasteiger partial charge in [-0.1, -0.05) is 20.8 Å². The van der Waals surface area contributed by atoms with Crippen molar-refractivity contribution in [3.05, 3.63) is 15.8 Å². The first-order valence-corrected chi connectivity index (χ1v) is 9.41. The first-order chi connectivity index (χ1) is 9.28. The third kappa shape index (κ3) is 3.42. The van der Waals surface area contributed by atoms with Crippen LogP contribution in [0.3, 0.4) is 0 Å². The van der Waals surface area contributed by atoms with E-state index in [1.54, 1.807) is 0 Å². The van der Waals surface area contributed by atoms with Crippen LogP contribution in [0.25, 0.3) is 0 Å². The van der Waals surface area contributed by atoms with Gasteiger partial charge in [0.2, 0.25) is 10.0 Å². The molecule has 6 heteroatoms. The second-order valence-corrected chi connectivity index (χ2v) is 8.86. The van der Waals surface area contributed by atoms with E-state index >= 15 is 0 Å². The number of nitrogens with one attached hydrogen (secondary N) is 2. The second kappa shape index (κ2) is 5.75. The van der Waals surface area contributed by atoms with Gasteiger partial charge in [0.15, 0.2) is 0 Å². The van der Waals surface area contributed by atoms with E-state index in [9.17, 15) is 8.42 Å². The van der Waals surface area contributed by atoms with Crippen LogP contribution in [0.1, 0.15) is 37.6 Å². The molecule has 2 N–H and O–H groups in total. The summed E-state index contributed by atoms with van der Waals surface area (Å²) >= 11 is 1.51. The fourth-order valence-electron chi connectivity index (χ4n) is 2.42. The number of thiophene rings is 1. The minimum absolute atomic E-state index is 0.290. The Morgan fingerprint density at radius 1 is 1.45 bits per heavy atom. The van der Waals surface area contributed by atoms with Crippen LogP contribution in [0.2, 0.25) is 0 Å². The van der Waals surface area contributed by atoms with E-state index in [1.165, 1.54) is 11.3 Å². The van der Waals surface area contributed by atoms with Crippen molar-refractivity contribution in [2.75, 3.05) is 13.1 Å². The third-order valence-corrected chi connectivity index (χ3v) is 6.92. The Bertz CT molecular complexity index is 576. The maximum absolute atomic E-state index is 12.5. The predicted octanol–water partition coefficient (Wildman–Crippen LogP) is 2.49. The summed E-state index contributed by atoms with van der Waals surface area (Å²) in [6.07, 6.45) is 1.10. The standard InChI is InChI=1S/C14H24N2O2S2/c1-5-15-8-12-13(10(2)9-19-12)20(17,18)16-7-11-6-14(11,3)4/h9,11,15-16H,5-8H2,1-4H3. The van der Waals surface area contributed by atoms with Gasteiger partial charge in [-0.05, 0) is 42.2 Å². The Morgan fingerprint density at radius 3 is 2.65 bits per heavy atom. The van der Waals surface area contributed by atoms with E-state index in [0.29, 0.717) is 29.3 Å². The molecule has 0 aromatic carbocycles. The zero-order valence-electron chi connectivity index (χ0n) is 12.6. The molecule has 0 amide bonds. The van der Waals surface area contributed by atoms with E-state index in [0.717, 1.165) is 23.4 Å². The maximum Gasteiger partial charge on any atom is 0.241 e. The first kappa shape index (κ1) is 15.9. The molecule has 2 rings (SSSR count). The van der Waals surface area contributed by atoms with Crippen molar-refractivity contribution in [1.29, 1.82) is 0 Å². The summed E-state index contributed by atoms with van der Waals surface area (Å²) in [6, 6.07) is 0. The number of aryl methyl sites for hydroxylation is 1. The summed E-state index contributed by atoms with van der Waals surface area (Å²) in [6.45, 7) is 10.2. The van der Waals surface area contributed by atoms with Crippen molar-refractivity contribution >= 4 is 21.4 Å². The van der Waals surface area contributed by atoms with Crippen molar-refractivity contribution in [2.24, 2.45) is 11.3 Å². The lowest BCUT2D eigenvalue weighted by molar-refractivity contribution is 0.537. The van der Waals surface area contributed by atoms with Crippen molar-refractivity contribution in [3.8, 4) is 0 Å². The van der Waals surface area contributed by atoms with Crippen LogP contribution in [0.15, 0.2) is 10.3 Å². The van der Waals surface area contributed by atoms with E-state index < -0.39 is 10.0 Å². The molecule has 114 valence electrons. The van der Waals surface area contributed by atoms with Gasteiger partial charge < -0.3 is 5.32 Å². The Kier molecular flexibility index (Phi) is 4.59. The summed E-state index contributed by atoms with van der Waals surface area (Å²) in [5, 5.41) is 5.12. The quantitative estimate of drug-likeness (QED) is 0.812. The lowest BCUT2D eigenvalue weighted by atomic mass is 10.1. The van der Waals surface area contributed by atoms with Gasteiger partial charge in [0.25, 0.3) is 0 Å². The van der Waals surface area contributed by atoms with Gasteiger partial charge in [-0.25, -0.2) is 13.1 Å². The highest BCUT2D eigenvalue weighted by Gasteiger charge is 2.45. The van der Waals surface area contributed by atoms with Crippen molar-refractivity contribution < 1.29 is 8.42 Å². The maximum atomic E-state index is 12.5. The van der Waals surface area contributed by atoms with Gasteiger partial charge in [-0.3, -0.25) is 0 Å². The SMILES string of the molecule is CCNCc1scc(C)c1S(=O)(=O)NCC1CC1(C)C. The topological polar surface area (TPSA) is 58.2 Å². The third-order valence-electron chi connectivity index (χ3n) is 4.03. The Balaban J connectivity index is 2.10. The fourth-order valence-corrected chi connectivity index (χ4v) is 5.27. The predicted molar refractivity (Wildman–Crippen MR) is 83.5 cm³/mol. The van der Waals surface area contributed by atoms with Crippen LogP contribution in [0, 0.1) is 18.3 Å². The molecule has 4 nitrogen and oxygen atoms in total. The highest BCUT2D eigenvalue weighted by molar-refractivity contribution is 7.89. The smallest absolute Gasteiger partial charge is 0.241 e.